The lowest BCUT2D eigenvalue weighted by Crippen LogP contribution is -2.57. The summed E-state index contributed by atoms with van der Waals surface area (Å²) in [5.74, 6) is 1.25. The Morgan fingerprint density at radius 2 is 2.08 bits per heavy atom. The zero-order valence-corrected chi connectivity index (χ0v) is 21.4. The van der Waals surface area contributed by atoms with E-state index in [-0.39, 0.29) is 30.9 Å². The number of carbonyl (C=O) groups excluding carboxylic acids is 1. The number of pyridine rings is 3. The molecule has 3 aromatic heterocycles. The molecule has 2 fully saturated rings. The van der Waals surface area contributed by atoms with Gasteiger partial charge in [0.15, 0.2) is 0 Å². The summed E-state index contributed by atoms with van der Waals surface area (Å²) in [7, 11) is 0. The number of anilines is 1. The van der Waals surface area contributed by atoms with E-state index in [9.17, 15) is 15.2 Å². The van der Waals surface area contributed by atoms with Gasteiger partial charge in [0.1, 0.15) is 11.9 Å². The van der Waals surface area contributed by atoms with E-state index in [2.05, 4.69) is 41.4 Å². The molecule has 0 bridgehead atoms. The van der Waals surface area contributed by atoms with Crippen molar-refractivity contribution in [3.63, 3.8) is 0 Å². The maximum Gasteiger partial charge on any atom is 0.225 e. The van der Waals surface area contributed by atoms with Gasteiger partial charge < -0.3 is 14.9 Å². The summed E-state index contributed by atoms with van der Waals surface area (Å²) in [6.45, 7) is 9.70. The molecular weight excluding hydrogens is 464 g/mol. The van der Waals surface area contributed by atoms with Gasteiger partial charge in [-0.05, 0) is 48.6 Å². The Bertz CT molecular complexity index is 1390. The molecule has 1 N–H and O–H groups in total. The number of rotatable bonds is 7. The summed E-state index contributed by atoms with van der Waals surface area (Å²) in [5, 5.41) is 20.5. The maximum absolute atomic E-state index is 12.7. The van der Waals surface area contributed by atoms with Crippen molar-refractivity contribution in [3.05, 3.63) is 54.1 Å². The molecule has 0 spiro atoms. The van der Waals surface area contributed by atoms with E-state index in [1.807, 2.05) is 23.1 Å². The first kappa shape index (κ1) is 24.8. The monoisotopic (exact) mass is 496 g/mol. The summed E-state index contributed by atoms with van der Waals surface area (Å²) in [6.07, 6.45) is 7.51. The van der Waals surface area contributed by atoms with Crippen LogP contribution in [0.3, 0.4) is 0 Å². The van der Waals surface area contributed by atoms with E-state index in [1.54, 1.807) is 18.5 Å². The van der Waals surface area contributed by atoms with Gasteiger partial charge in [-0.2, -0.15) is 5.26 Å². The van der Waals surface area contributed by atoms with Crippen molar-refractivity contribution in [1.82, 2.24) is 19.9 Å². The standard InChI is InChI=1S/C29H32N6O2/c1-4-21-14-23(22-7-9-31-16-25(22)32-21)24-13-20(15-30)29(33-28(24)19-5-6-19)34-10-11-35(27(37)8-12-36)26(17-34)18(2)3/h4,7,9,13-14,16,18-19,26,36H,1,5-6,8,10-12,17H2,2-3H3/t26-/m0/s1. The van der Waals surface area contributed by atoms with Gasteiger partial charge in [-0.3, -0.25) is 9.78 Å². The van der Waals surface area contributed by atoms with Crippen LogP contribution in [0.1, 0.15) is 56.0 Å². The number of fused-ring (bicyclic) bond motifs is 1. The fourth-order valence-electron chi connectivity index (χ4n) is 5.27. The molecule has 0 unspecified atom stereocenters. The first-order chi connectivity index (χ1) is 17.9. The summed E-state index contributed by atoms with van der Waals surface area (Å²) in [4.78, 5) is 30.7. The highest BCUT2D eigenvalue weighted by atomic mass is 16.3. The van der Waals surface area contributed by atoms with Crippen LogP contribution in [0.2, 0.25) is 0 Å². The van der Waals surface area contributed by atoms with Gasteiger partial charge in [-0.25, -0.2) is 9.97 Å². The van der Waals surface area contributed by atoms with Gasteiger partial charge in [0.2, 0.25) is 5.91 Å². The van der Waals surface area contributed by atoms with E-state index in [1.165, 1.54) is 0 Å². The van der Waals surface area contributed by atoms with Crippen LogP contribution in [0.5, 0.6) is 0 Å². The molecule has 1 aliphatic heterocycles. The third-order valence-electron chi connectivity index (χ3n) is 7.38. The van der Waals surface area contributed by atoms with E-state index < -0.39 is 0 Å². The fourth-order valence-corrected chi connectivity index (χ4v) is 5.27. The minimum absolute atomic E-state index is 0.0167. The number of nitrogens with zero attached hydrogens (tertiary/aromatic N) is 6. The van der Waals surface area contributed by atoms with Crippen LogP contribution in [-0.2, 0) is 4.79 Å². The molecule has 0 radical (unpaired) electrons. The van der Waals surface area contributed by atoms with E-state index in [0.717, 1.165) is 46.3 Å². The number of aliphatic hydroxyl groups is 1. The molecule has 5 rings (SSSR count). The minimum atomic E-state index is -0.149. The second-order valence-electron chi connectivity index (χ2n) is 10.2. The summed E-state index contributed by atoms with van der Waals surface area (Å²) in [5.41, 5.74) is 5.01. The number of aliphatic hydroxyl groups excluding tert-OH is 1. The second kappa shape index (κ2) is 10.3. The predicted molar refractivity (Wildman–Crippen MR) is 144 cm³/mol. The van der Waals surface area contributed by atoms with Gasteiger partial charge >= 0.3 is 0 Å². The number of nitriles is 1. The molecule has 2 aliphatic rings. The SMILES string of the molecule is C=Cc1cc(-c2cc(C#N)c(N3CCN(C(=O)CCO)[C@H](C(C)C)C3)nc2C2CC2)c2ccncc2n1. The normalized spacial score (nSPS) is 17.8. The summed E-state index contributed by atoms with van der Waals surface area (Å²) in [6, 6.07) is 8.33. The Labute approximate surface area is 217 Å². The minimum Gasteiger partial charge on any atom is -0.396 e. The molecule has 1 saturated carbocycles. The van der Waals surface area contributed by atoms with Crippen molar-refractivity contribution in [2.75, 3.05) is 31.1 Å². The molecule has 1 amide bonds. The van der Waals surface area contributed by atoms with Crippen LogP contribution in [0.25, 0.3) is 28.1 Å². The molecule has 4 heterocycles. The first-order valence-electron chi connectivity index (χ1n) is 12.9. The largest absolute Gasteiger partial charge is 0.396 e. The van der Waals surface area contributed by atoms with Gasteiger partial charge in [0, 0.05) is 49.1 Å². The van der Waals surface area contributed by atoms with Gasteiger partial charge in [0.25, 0.3) is 0 Å². The maximum atomic E-state index is 12.7. The van der Waals surface area contributed by atoms with Crippen LogP contribution in [-0.4, -0.2) is 63.1 Å². The Morgan fingerprint density at radius 3 is 2.76 bits per heavy atom. The Balaban J connectivity index is 1.59. The molecule has 8 heteroatoms. The molecule has 3 aromatic rings. The van der Waals surface area contributed by atoms with Crippen LogP contribution in [0.15, 0.2) is 37.2 Å². The lowest BCUT2D eigenvalue weighted by Gasteiger charge is -2.44. The van der Waals surface area contributed by atoms with Gasteiger partial charge in [0.05, 0.1) is 41.3 Å². The highest BCUT2D eigenvalue weighted by Crippen LogP contribution is 2.46. The molecule has 1 atom stereocenters. The average molecular weight is 497 g/mol. The first-order valence-corrected chi connectivity index (χ1v) is 12.9. The van der Waals surface area contributed by atoms with Crippen molar-refractivity contribution >= 4 is 28.7 Å². The van der Waals surface area contributed by atoms with Crippen molar-refractivity contribution < 1.29 is 9.90 Å². The topological polar surface area (TPSA) is 106 Å². The number of piperazine rings is 1. The summed E-state index contributed by atoms with van der Waals surface area (Å²) < 4.78 is 0. The number of hydrogen-bond donors (Lipinski definition) is 1. The van der Waals surface area contributed by atoms with Crippen molar-refractivity contribution in [1.29, 1.82) is 5.26 Å². The fraction of sp³-hybridized carbons (Fsp3) is 0.414. The number of amides is 1. The van der Waals surface area contributed by atoms with Gasteiger partial charge in [-0.1, -0.05) is 20.4 Å². The third-order valence-corrected chi connectivity index (χ3v) is 7.38. The third kappa shape index (κ3) is 4.79. The zero-order chi connectivity index (χ0) is 26.1. The van der Waals surface area contributed by atoms with E-state index >= 15 is 0 Å². The van der Waals surface area contributed by atoms with Crippen LogP contribution in [0.4, 0.5) is 5.82 Å². The van der Waals surface area contributed by atoms with Crippen molar-refractivity contribution in [3.8, 4) is 17.2 Å². The van der Waals surface area contributed by atoms with Gasteiger partial charge in [-0.15, -0.1) is 0 Å². The van der Waals surface area contributed by atoms with Crippen LogP contribution in [0, 0.1) is 17.2 Å². The van der Waals surface area contributed by atoms with E-state index in [4.69, 9.17) is 4.98 Å². The van der Waals surface area contributed by atoms with Crippen molar-refractivity contribution in [2.45, 2.75) is 45.1 Å². The second-order valence-corrected chi connectivity index (χ2v) is 10.2. The average Bonchev–Trinajstić information content (AvgIpc) is 3.77. The zero-order valence-electron chi connectivity index (χ0n) is 21.4. The number of hydrogen-bond acceptors (Lipinski definition) is 7. The van der Waals surface area contributed by atoms with Crippen LogP contribution < -0.4 is 4.90 Å². The Morgan fingerprint density at radius 1 is 1.27 bits per heavy atom. The quantitative estimate of drug-likeness (QED) is 0.524. The smallest absolute Gasteiger partial charge is 0.225 e. The Hall–Kier alpha value is -3.83. The van der Waals surface area contributed by atoms with Crippen LogP contribution >= 0.6 is 0 Å². The molecule has 0 aromatic carbocycles. The van der Waals surface area contributed by atoms with E-state index in [0.29, 0.717) is 36.9 Å². The number of carbonyl (C=O) groups is 1. The lowest BCUT2D eigenvalue weighted by atomic mass is 9.95. The molecular formula is C29H32N6O2. The van der Waals surface area contributed by atoms with Crippen molar-refractivity contribution in [2.24, 2.45) is 5.92 Å². The highest BCUT2D eigenvalue weighted by molar-refractivity contribution is 5.96. The summed E-state index contributed by atoms with van der Waals surface area (Å²) >= 11 is 0. The molecule has 37 heavy (non-hydrogen) atoms. The molecule has 190 valence electrons. The molecule has 8 nitrogen and oxygen atoms in total. The Kier molecular flexibility index (Phi) is 6.90. The predicted octanol–water partition coefficient (Wildman–Crippen LogP) is 4.14. The molecule has 1 aliphatic carbocycles. The number of aromatic nitrogens is 3. The molecule has 1 saturated heterocycles. The highest BCUT2D eigenvalue weighted by Gasteiger charge is 2.35. The lowest BCUT2D eigenvalue weighted by molar-refractivity contribution is -0.135.